The van der Waals surface area contributed by atoms with Gasteiger partial charge in [-0.25, -0.2) is 0 Å². The van der Waals surface area contributed by atoms with Crippen LogP contribution in [0.2, 0.25) is 0 Å². The van der Waals surface area contributed by atoms with Gasteiger partial charge in [0, 0.05) is 19.0 Å². The lowest BCUT2D eigenvalue weighted by atomic mass is 10.1. The van der Waals surface area contributed by atoms with Crippen molar-refractivity contribution in [2.75, 3.05) is 6.54 Å². The first-order valence-corrected chi connectivity index (χ1v) is 3.38. The lowest BCUT2D eigenvalue weighted by molar-refractivity contribution is -0.118. The minimum atomic E-state index is -0.313. The van der Waals surface area contributed by atoms with Gasteiger partial charge < -0.3 is 16.2 Å². The normalized spacial score (nSPS) is 32.5. The predicted octanol–water partition coefficient (Wildman–Crippen LogP) is -1.42. The fourth-order valence-corrected chi connectivity index (χ4v) is 1.20. The molecule has 0 saturated carbocycles. The molecule has 4 N–H and O–H groups in total. The number of nitrogens with two attached hydrogens (primary N) is 1. The van der Waals surface area contributed by atoms with E-state index in [4.69, 9.17) is 10.8 Å². The van der Waals surface area contributed by atoms with E-state index in [2.05, 4.69) is 5.32 Å². The van der Waals surface area contributed by atoms with E-state index in [1.807, 2.05) is 0 Å². The molecule has 1 fully saturated rings. The van der Waals surface area contributed by atoms with E-state index in [1.165, 1.54) is 0 Å². The van der Waals surface area contributed by atoms with Gasteiger partial charge in [0.1, 0.15) is 0 Å². The van der Waals surface area contributed by atoms with Crippen molar-refractivity contribution >= 4 is 5.91 Å². The summed E-state index contributed by atoms with van der Waals surface area (Å²) < 4.78 is 0. The van der Waals surface area contributed by atoms with Gasteiger partial charge >= 0.3 is 0 Å². The highest BCUT2D eigenvalue weighted by molar-refractivity contribution is 5.74. The van der Waals surface area contributed by atoms with Crippen LogP contribution in [0, 0.1) is 0 Å². The van der Waals surface area contributed by atoms with E-state index < -0.39 is 0 Å². The number of hydrogen-bond acceptors (Lipinski definition) is 3. The van der Waals surface area contributed by atoms with Crippen LogP contribution < -0.4 is 11.1 Å². The Kier molecular flexibility index (Phi) is 2.24. The first kappa shape index (κ1) is 7.50. The van der Waals surface area contributed by atoms with Crippen molar-refractivity contribution in [3.8, 4) is 0 Å². The average Bonchev–Trinajstić information content (AvgIpc) is 2.13. The van der Waals surface area contributed by atoms with Gasteiger partial charge in [-0.3, -0.25) is 4.79 Å². The monoisotopic (exact) mass is 144 g/mol. The third kappa shape index (κ3) is 1.97. The van der Waals surface area contributed by atoms with Crippen LogP contribution in [0.1, 0.15) is 12.8 Å². The first-order valence-electron chi connectivity index (χ1n) is 3.38. The van der Waals surface area contributed by atoms with Crippen LogP contribution in [-0.4, -0.2) is 29.7 Å². The predicted molar refractivity (Wildman–Crippen MR) is 36.2 cm³/mol. The number of nitrogens with one attached hydrogen (secondary N) is 1. The van der Waals surface area contributed by atoms with Crippen LogP contribution in [0.15, 0.2) is 0 Å². The molecule has 1 saturated heterocycles. The van der Waals surface area contributed by atoms with Gasteiger partial charge in [-0.15, -0.1) is 0 Å². The summed E-state index contributed by atoms with van der Waals surface area (Å²) in [6, 6.07) is 0.0903. The van der Waals surface area contributed by atoms with Gasteiger partial charge in [0.05, 0.1) is 6.10 Å². The van der Waals surface area contributed by atoms with Gasteiger partial charge in [0.2, 0.25) is 5.91 Å². The number of hydrogen-bond donors (Lipinski definition) is 3. The average molecular weight is 144 g/mol. The van der Waals surface area contributed by atoms with E-state index in [0.717, 1.165) is 0 Å². The van der Waals surface area contributed by atoms with Crippen LogP contribution >= 0.6 is 0 Å². The van der Waals surface area contributed by atoms with E-state index >= 15 is 0 Å². The zero-order valence-corrected chi connectivity index (χ0v) is 5.71. The van der Waals surface area contributed by atoms with Crippen molar-refractivity contribution in [2.24, 2.45) is 5.73 Å². The summed E-state index contributed by atoms with van der Waals surface area (Å²) in [6.45, 7) is 0.581. The summed E-state index contributed by atoms with van der Waals surface area (Å²) >= 11 is 0. The maximum absolute atomic E-state index is 10.4. The van der Waals surface area contributed by atoms with Gasteiger partial charge in [-0.2, -0.15) is 0 Å². The Labute approximate surface area is 59.4 Å². The Morgan fingerprint density at radius 1 is 1.80 bits per heavy atom. The molecule has 0 aliphatic carbocycles. The molecular formula is C6H12N2O2. The van der Waals surface area contributed by atoms with Crippen LogP contribution in [0.5, 0.6) is 0 Å². The quantitative estimate of drug-likeness (QED) is 0.445. The molecule has 1 unspecified atom stereocenters. The smallest absolute Gasteiger partial charge is 0.218 e. The number of rotatable bonds is 2. The van der Waals surface area contributed by atoms with Crippen molar-refractivity contribution in [3.05, 3.63) is 0 Å². The molecule has 0 aromatic heterocycles. The van der Waals surface area contributed by atoms with Crippen LogP contribution in [-0.2, 0) is 4.79 Å². The maximum atomic E-state index is 10.4. The SMILES string of the molecule is NC(=O)CC1C[C@H](O)CN1. The minimum Gasteiger partial charge on any atom is -0.392 e. The molecule has 1 heterocycles. The summed E-state index contributed by atoms with van der Waals surface area (Å²) in [5.41, 5.74) is 4.96. The fraction of sp³-hybridized carbons (Fsp3) is 0.833. The number of primary amides is 1. The Morgan fingerprint density at radius 3 is 2.90 bits per heavy atom. The highest BCUT2D eigenvalue weighted by atomic mass is 16.3. The van der Waals surface area contributed by atoms with Crippen molar-refractivity contribution in [1.82, 2.24) is 5.32 Å². The molecule has 4 heteroatoms. The second-order valence-electron chi connectivity index (χ2n) is 2.67. The lowest BCUT2D eigenvalue weighted by Crippen LogP contribution is -2.27. The second kappa shape index (κ2) is 2.98. The maximum Gasteiger partial charge on any atom is 0.218 e. The number of β-amino-alcohol motifs (C(OH)–C–C–N with tert-alkyl or cyclic N) is 1. The van der Waals surface area contributed by atoms with Crippen molar-refractivity contribution in [1.29, 1.82) is 0 Å². The summed E-state index contributed by atoms with van der Waals surface area (Å²) in [4.78, 5) is 10.4. The standard InChI is InChI=1S/C6H12N2O2/c7-6(10)2-4-1-5(9)3-8-4/h4-5,8-9H,1-3H2,(H2,7,10)/t4?,5-/m0/s1. The fourth-order valence-electron chi connectivity index (χ4n) is 1.20. The molecule has 0 radical (unpaired) electrons. The molecular weight excluding hydrogens is 132 g/mol. The van der Waals surface area contributed by atoms with E-state index in [0.29, 0.717) is 19.4 Å². The molecule has 2 atom stereocenters. The summed E-state index contributed by atoms with van der Waals surface area (Å²) in [5.74, 6) is -0.313. The number of aliphatic hydroxyl groups is 1. The summed E-state index contributed by atoms with van der Waals surface area (Å²) in [6.07, 6.45) is 0.671. The molecule has 10 heavy (non-hydrogen) atoms. The topological polar surface area (TPSA) is 75.4 Å². The van der Waals surface area contributed by atoms with Crippen LogP contribution in [0.4, 0.5) is 0 Å². The molecule has 1 amide bonds. The van der Waals surface area contributed by atoms with Crippen LogP contribution in [0.3, 0.4) is 0 Å². The van der Waals surface area contributed by atoms with Gasteiger partial charge in [0.25, 0.3) is 0 Å². The molecule has 1 rings (SSSR count). The second-order valence-corrected chi connectivity index (χ2v) is 2.67. The van der Waals surface area contributed by atoms with E-state index in [-0.39, 0.29) is 18.1 Å². The van der Waals surface area contributed by atoms with Crippen molar-refractivity contribution < 1.29 is 9.90 Å². The first-order chi connectivity index (χ1) is 4.68. The Hall–Kier alpha value is -0.610. The minimum absolute atomic E-state index is 0.0903. The van der Waals surface area contributed by atoms with Crippen molar-refractivity contribution in [3.63, 3.8) is 0 Å². The Bertz CT molecular complexity index is 138. The largest absolute Gasteiger partial charge is 0.392 e. The molecule has 1 aliphatic heterocycles. The van der Waals surface area contributed by atoms with E-state index in [1.54, 1.807) is 0 Å². The van der Waals surface area contributed by atoms with Gasteiger partial charge in [0.15, 0.2) is 0 Å². The summed E-state index contributed by atoms with van der Waals surface area (Å²) in [7, 11) is 0. The molecule has 0 aromatic carbocycles. The Morgan fingerprint density at radius 2 is 2.50 bits per heavy atom. The van der Waals surface area contributed by atoms with Crippen molar-refractivity contribution in [2.45, 2.75) is 25.0 Å². The van der Waals surface area contributed by atoms with E-state index in [9.17, 15) is 4.79 Å². The molecule has 0 aromatic rings. The molecule has 4 nitrogen and oxygen atoms in total. The third-order valence-corrected chi connectivity index (χ3v) is 1.65. The number of carbonyl (C=O) groups is 1. The number of aliphatic hydroxyl groups excluding tert-OH is 1. The van der Waals surface area contributed by atoms with Crippen LogP contribution in [0.25, 0.3) is 0 Å². The zero-order chi connectivity index (χ0) is 7.56. The van der Waals surface area contributed by atoms with Gasteiger partial charge in [-0.1, -0.05) is 0 Å². The zero-order valence-electron chi connectivity index (χ0n) is 5.71. The van der Waals surface area contributed by atoms with Gasteiger partial charge in [-0.05, 0) is 6.42 Å². The molecule has 58 valence electrons. The Balaban J connectivity index is 2.24. The molecule has 1 aliphatic rings. The highest BCUT2D eigenvalue weighted by Gasteiger charge is 2.22. The lowest BCUT2D eigenvalue weighted by Gasteiger charge is -2.04. The molecule has 0 bridgehead atoms. The number of carbonyl (C=O) groups excluding carboxylic acids is 1. The highest BCUT2D eigenvalue weighted by Crippen LogP contribution is 2.08. The summed E-state index contributed by atoms with van der Waals surface area (Å²) in [5, 5.41) is 12.0. The third-order valence-electron chi connectivity index (χ3n) is 1.65. The molecule has 0 spiro atoms. The number of amides is 1.